The van der Waals surface area contributed by atoms with Gasteiger partial charge in [-0.1, -0.05) is 146 Å². The Balaban J connectivity index is 1.03. The molecule has 10 aromatic rings. The van der Waals surface area contributed by atoms with Gasteiger partial charge in [-0.25, -0.2) is 15.0 Å². The van der Waals surface area contributed by atoms with Gasteiger partial charge in [-0.2, -0.15) is 0 Å². The van der Waals surface area contributed by atoms with E-state index in [4.69, 9.17) is 19.4 Å². The van der Waals surface area contributed by atoms with Crippen LogP contribution < -0.4 is 0 Å². The van der Waals surface area contributed by atoms with Crippen LogP contribution in [0, 0.1) is 0 Å². The third kappa shape index (κ3) is 4.38. The lowest BCUT2D eigenvalue weighted by Gasteiger charge is -2.31. The summed E-state index contributed by atoms with van der Waals surface area (Å²) in [6.45, 7) is 0. The molecule has 1 spiro atoms. The van der Waals surface area contributed by atoms with Crippen LogP contribution in [-0.4, -0.2) is 15.0 Å². The minimum Gasteiger partial charge on any atom is -0.436 e. The van der Waals surface area contributed by atoms with E-state index in [9.17, 15) is 0 Å². The molecular formula is C52H31N3O. The lowest BCUT2D eigenvalue weighted by Crippen LogP contribution is -2.26. The van der Waals surface area contributed by atoms with Crippen molar-refractivity contribution in [2.45, 2.75) is 5.41 Å². The first-order chi connectivity index (χ1) is 27.7. The summed E-state index contributed by atoms with van der Waals surface area (Å²) >= 11 is 0. The van der Waals surface area contributed by atoms with E-state index in [1.54, 1.807) is 0 Å². The average Bonchev–Trinajstić information content (AvgIpc) is 3.93. The Labute approximate surface area is 323 Å². The average molecular weight is 714 g/mol. The van der Waals surface area contributed by atoms with E-state index in [2.05, 4.69) is 133 Å². The predicted octanol–water partition coefficient (Wildman–Crippen LogP) is 12.8. The third-order valence-corrected chi connectivity index (χ3v) is 11.7. The van der Waals surface area contributed by atoms with E-state index in [1.165, 1.54) is 44.5 Å². The van der Waals surface area contributed by atoms with Crippen molar-refractivity contribution in [2.24, 2.45) is 0 Å². The van der Waals surface area contributed by atoms with Crippen LogP contribution in [0.1, 0.15) is 22.3 Å². The highest BCUT2D eigenvalue weighted by Gasteiger charge is 2.51. The Bertz CT molecular complexity index is 3120. The highest BCUT2D eigenvalue weighted by Crippen LogP contribution is 2.63. The molecule has 0 saturated heterocycles. The van der Waals surface area contributed by atoms with Gasteiger partial charge in [-0.15, -0.1) is 0 Å². The van der Waals surface area contributed by atoms with E-state index in [0.717, 1.165) is 61.3 Å². The smallest absolute Gasteiger partial charge is 0.227 e. The fourth-order valence-corrected chi connectivity index (χ4v) is 9.27. The molecule has 260 valence electrons. The van der Waals surface area contributed by atoms with Gasteiger partial charge < -0.3 is 4.42 Å². The number of fused-ring (bicyclic) bond motifs is 12. The molecule has 4 nitrogen and oxygen atoms in total. The number of hydrogen-bond donors (Lipinski definition) is 0. The van der Waals surface area contributed by atoms with Crippen LogP contribution in [-0.2, 0) is 5.41 Å². The Morgan fingerprint density at radius 3 is 1.43 bits per heavy atom. The van der Waals surface area contributed by atoms with Crippen molar-refractivity contribution in [2.75, 3.05) is 0 Å². The zero-order valence-electron chi connectivity index (χ0n) is 30.1. The highest BCUT2D eigenvalue weighted by atomic mass is 16.3. The maximum Gasteiger partial charge on any atom is 0.227 e. The van der Waals surface area contributed by atoms with Crippen molar-refractivity contribution in [3.63, 3.8) is 0 Å². The SMILES string of the molecule is c1ccc(-c2nc3ccccc3nc2-c2ccc(-c3ccc4c(c3)C3(c5ccccc5-c5ccccc53)c3cc(-c5nc6ccccc6o5)ccc3-4)cc2)cc1. The largest absolute Gasteiger partial charge is 0.436 e. The number of oxazole rings is 1. The maximum absolute atomic E-state index is 6.33. The molecule has 0 N–H and O–H groups in total. The fourth-order valence-electron chi connectivity index (χ4n) is 9.27. The van der Waals surface area contributed by atoms with Crippen molar-refractivity contribution in [3.05, 3.63) is 210 Å². The highest BCUT2D eigenvalue weighted by molar-refractivity contribution is 5.97. The second-order valence-electron chi connectivity index (χ2n) is 14.7. The summed E-state index contributed by atoms with van der Waals surface area (Å²) in [5.74, 6) is 0.631. The molecule has 12 rings (SSSR count). The van der Waals surface area contributed by atoms with Crippen molar-refractivity contribution in [1.29, 1.82) is 0 Å². The maximum atomic E-state index is 6.33. The van der Waals surface area contributed by atoms with Gasteiger partial charge in [0.1, 0.15) is 5.52 Å². The molecule has 2 aliphatic carbocycles. The van der Waals surface area contributed by atoms with E-state index < -0.39 is 5.41 Å². The van der Waals surface area contributed by atoms with Crippen LogP contribution >= 0.6 is 0 Å². The number of aromatic nitrogens is 3. The predicted molar refractivity (Wildman–Crippen MR) is 225 cm³/mol. The molecule has 0 aliphatic heterocycles. The van der Waals surface area contributed by atoms with Crippen molar-refractivity contribution in [1.82, 2.24) is 15.0 Å². The zero-order valence-corrected chi connectivity index (χ0v) is 30.1. The molecule has 8 aromatic carbocycles. The van der Waals surface area contributed by atoms with Crippen molar-refractivity contribution >= 4 is 22.1 Å². The Kier molecular flexibility index (Phi) is 6.52. The summed E-state index contributed by atoms with van der Waals surface area (Å²) in [7, 11) is 0. The molecule has 2 heterocycles. The van der Waals surface area contributed by atoms with Crippen LogP contribution in [0.5, 0.6) is 0 Å². The van der Waals surface area contributed by atoms with Crippen LogP contribution in [0.3, 0.4) is 0 Å². The molecule has 4 heteroatoms. The first kappa shape index (κ1) is 31.0. The molecule has 2 aliphatic rings. The molecular weight excluding hydrogens is 683 g/mol. The van der Waals surface area contributed by atoms with E-state index in [-0.39, 0.29) is 0 Å². The fraction of sp³-hybridized carbons (Fsp3) is 0.0192. The van der Waals surface area contributed by atoms with Gasteiger partial charge in [0.05, 0.1) is 27.8 Å². The molecule has 0 bridgehead atoms. The van der Waals surface area contributed by atoms with Crippen LogP contribution in [0.15, 0.2) is 192 Å². The summed E-state index contributed by atoms with van der Waals surface area (Å²) in [4.78, 5) is 15.2. The summed E-state index contributed by atoms with van der Waals surface area (Å²) in [6, 6.07) is 66.8. The minimum absolute atomic E-state index is 0.513. The lowest BCUT2D eigenvalue weighted by molar-refractivity contribution is 0.619. The Hall–Kier alpha value is -7.43. The topological polar surface area (TPSA) is 51.8 Å². The third-order valence-electron chi connectivity index (χ3n) is 11.7. The lowest BCUT2D eigenvalue weighted by atomic mass is 9.70. The molecule has 0 saturated carbocycles. The number of nitrogens with zero attached hydrogens (tertiary/aromatic N) is 3. The van der Waals surface area contributed by atoms with E-state index in [0.29, 0.717) is 5.89 Å². The monoisotopic (exact) mass is 713 g/mol. The quantitative estimate of drug-likeness (QED) is 0.182. The Morgan fingerprint density at radius 2 is 0.786 bits per heavy atom. The van der Waals surface area contributed by atoms with Crippen molar-refractivity contribution < 1.29 is 4.42 Å². The second kappa shape index (κ2) is 11.8. The zero-order chi connectivity index (χ0) is 36.8. The molecule has 2 aromatic heterocycles. The number of benzene rings is 8. The second-order valence-corrected chi connectivity index (χ2v) is 14.7. The summed E-state index contributed by atoms with van der Waals surface area (Å²) in [5.41, 5.74) is 20.2. The minimum atomic E-state index is -0.513. The molecule has 0 radical (unpaired) electrons. The molecule has 0 fully saturated rings. The normalized spacial score (nSPS) is 13.1. The molecule has 0 amide bonds. The van der Waals surface area contributed by atoms with Gasteiger partial charge in [-0.05, 0) is 98.1 Å². The van der Waals surface area contributed by atoms with Crippen LogP contribution in [0.2, 0.25) is 0 Å². The van der Waals surface area contributed by atoms with E-state index in [1.807, 2.05) is 54.6 Å². The summed E-state index contributed by atoms with van der Waals surface area (Å²) in [6.07, 6.45) is 0. The van der Waals surface area contributed by atoms with Gasteiger partial charge >= 0.3 is 0 Å². The van der Waals surface area contributed by atoms with E-state index >= 15 is 0 Å². The first-order valence-electron chi connectivity index (χ1n) is 19.0. The first-order valence-corrected chi connectivity index (χ1v) is 19.0. The number of para-hydroxylation sites is 4. The molecule has 0 unspecified atom stereocenters. The number of rotatable bonds is 4. The number of hydrogen-bond acceptors (Lipinski definition) is 4. The van der Waals surface area contributed by atoms with Gasteiger partial charge in [0.25, 0.3) is 0 Å². The van der Waals surface area contributed by atoms with Gasteiger partial charge in [0.15, 0.2) is 5.58 Å². The van der Waals surface area contributed by atoms with Gasteiger partial charge in [-0.3, -0.25) is 0 Å². The standard InChI is InChI=1S/C52H31N3O/c1-2-12-33(13-3-1)49-50(54-46-19-9-8-18-45(46)53-49)34-24-22-32(23-25-34)35-26-28-39-40-29-27-36(51-55-47-20-10-11-21-48(47)56-51)31-44(40)52(43(39)30-35)41-16-6-4-14-37(41)38-15-5-7-17-42(38)52/h1-31H. The van der Waals surface area contributed by atoms with Crippen molar-refractivity contribution in [3.8, 4) is 67.3 Å². The van der Waals surface area contributed by atoms with Crippen LogP contribution in [0.25, 0.3) is 89.5 Å². The molecule has 56 heavy (non-hydrogen) atoms. The van der Waals surface area contributed by atoms with Gasteiger partial charge in [0.2, 0.25) is 5.89 Å². The molecule has 0 atom stereocenters. The summed E-state index contributed by atoms with van der Waals surface area (Å²) < 4.78 is 6.33. The summed E-state index contributed by atoms with van der Waals surface area (Å²) in [5, 5.41) is 0. The Morgan fingerprint density at radius 1 is 0.321 bits per heavy atom. The van der Waals surface area contributed by atoms with Gasteiger partial charge in [0, 0.05) is 16.7 Å². The van der Waals surface area contributed by atoms with Crippen LogP contribution in [0.4, 0.5) is 0 Å².